The minimum Gasteiger partial charge on any atom is -0.447 e. The van der Waals surface area contributed by atoms with Crippen molar-refractivity contribution in [2.45, 2.75) is 58.3 Å². The van der Waals surface area contributed by atoms with Gasteiger partial charge < -0.3 is 20.4 Å². The smallest absolute Gasteiger partial charge is 0.317 e. The summed E-state index contributed by atoms with van der Waals surface area (Å²) in [5, 5.41) is 20.9. The third kappa shape index (κ3) is 7.72. The predicted octanol–water partition coefficient (Wildman–Crippen LogP) is 3.17. The first-order valence-electron chi connectivity index (χ1n) is 7.58. The van der Waals surface area contributed by atoms with Crippen molar-refractivity contribution in [3.8, 4) is 0 Å². The second-order valence-corrected chi connectivity index (χ2v) is 5.59. The van der Waals surface area contributed by atoms with E-state index in [0.717, 1.165) is 30.8 Å². The van der Waals surface area contributed by atoms with E-state index in [1.807, 2.05) is 0 Å². The Balaban J connectivity index is 2.47. The van der Waals surface area contributed by atoms with Gasteiger partial charge in [-0.3, -0.25) is 0 Å². The van der Waals surface area contributed by atoms with Crippen LogP contribution in [0.5, 0.6) is 0 Å². The molecule has 0 amide bonds. The summed E-state index contributed by atoms with van der Waals surface area (Å²) in [5.41, 5.74) is 0.805. The number of hydrogen-bond acceptors (Lipinski definition) is 5. The SMILES string of the molecule is C=CC(O)O/C(NCN(O)C(F)F)=C(/C)CCCCC1CC1. The standard InChI is InChI=1S/C15H26F2N2O3/c1-3-13(20)22-14(18-10-19(21)15(16)17)11(2)6-4-5-7-12-8-9-12/h3,12-13,15,18,20-21H,1,4-10H2,2H3/b14-11-. The van der Waals surface area contributed by atoms with Crippen LogP contribution in [0.15, 0.2) is 24.1 Å². The molecule has 1 aliphatic rings. The Morgan fingerprint density at radius 1 is 1.45 bits per heavy atom. The summed E-state index contributed by atoms with van der Waals surface area (Å²) in [6.07, 6.45) is 6.66. The summed E-state index contributed by atoms with van der Waals surface area (Å²) in [6, 6.07) is 0. The number of unbranched alkanes of at least 4 members (excludes halogenated alkanes) is 1. The summed E-state index contributed by atoms with van der Waals surface area (Å²) in [7, 11) is 0. The van der Waals surface area contributed by atoms with Crippen molar-refractivity contribution in [1.29, 1.82) is 0 Å². The molecule has 0 aromatic rings. The number of halogens is 2. The number of aliphatic hydroxyl groups excluding tert-OH is 1. The number of allylic oxidation sites excluding steroid dienone is 1. The number of ether oxygens (including phenoxy) is 1. The normalized spacial score (nSPS) is 17.4. The van der Waals surface area contributed by atoms with Crippen LogP contribution in [0.3, 0.4) is 0 Å². The lowest BCUT2D eigenvalue weighted by atomic mass is 10.1. The van der Waals surface area contributed by atoms with E-state index in [1.165, 1.54) is 25.3 Å². The Labute approximate surface area is 130 Å². The van der Waals surface area contributed by atoms with Gasteiger partial charge >= 0.3 is 6.55 Å². The molecule has 1 atom stereocenters. The van der Waals surface area contributed by atoms with Gasteiger partial charge in [-0.15, -0.1) is 5.06 Å². The number of nitrogens with one attached hydrogen (secondary N) is 1. The summed E-state index contributed by atoms with van der Waals surface area (Å²) in [5.74, 6) is 1.08. The minimum absolute atomic E-state index is 0.149. The average Bonchev–Trinajstić information content (AvgIpc) is 3.30. The Hall–Kier alpha value is -1.18. The van der Waals surface area contributed by atoms with Crippen molar-refractivity contribution >= 4 is 0 Å². The van der Waals surface area contributed by atoms with E-state index >= 15 is 0 Å². The van der Waals surface area contributed by atoms with Gasteiger partial charge in [0, 0.05) is 0 Å². The Morgan fingerprint density at radius 3 is 2.68 bits per heavy atom. The van der Waals surface area contributed by atoms with Gasteiger partial charge in [0.2, 0.25) is 6.29 Å². The molecule has 7 heteroatoms. The van der Waals surface area contributed by atoms with Crippen molar-refractivity contribution < 1.29 is 23.8 Å². The van der Waals surface area contributed by atoms with Gasteiger partial charge in [0.1, 0.15) is 6.67 Å². The summed E-state index contributed by atoms with van der Waals surface area (Å²) >= 11 is 0. The third-order valence-corrected chi connectivity index (χ3v) is 3.57. The van der Waals surface area contributed by atoms with Crippen LogP contribution in [0.2, 0.25) is 0 Å². The summed E-state index contributed by atoms with van der Waals surface area (Å²) in [4.78, 5) is 0. The highest BCUT2D eigenvalue weighted by Gasteiger charge is 2.20. The molecule has 128 valence electrons. The lowest BCUT2D eigenvalue weighted by molar-refractivity contribution is -0.219. The second kappa shape index (κ2) is 9.76. The molecular formula is C15H26F2N2O3. The molecule has 22 heavy (non-hydrogen) atoms. The topological polar surface area (TPSA) is 65.0 Å². The number of alkyl halides is 2. The molecule has 0 aliphatic heterocycles. The van der Waals surface area contributed by atoms with Crippen LogP contribution < -0.4 is 5.32 Å². The van der Waals surface area contributed by atoms with E-state index < -0.39 is 19.5 Å². The fourth-order valence-corrected chi connectivity index (χ4v) is 2.03. The first-order valence-corrected chi connectivity index (χ1v) is 7.58. The zero-order valence-corrected chi connectivity index (χ0v) is 13.0. The molecule has 0 heterocycles. The zero-order chi connectivity index (χ0) is 16.5. The third-order valence-electron chi connectivity index (χ3n) is 3.57. The molecule has 1 saturated carbocycles. The molecular weight excluding hydrogens is 294 g/mol. The highest BCUT2D eigenvalue weighted by atomic mass is 19.3. The van der Waals surface area contributed by atoms with Crippen LogP contribution in [0.4, 0.5) is 8.78 Å². The van der Waals surface area contributed by atoms with Gasteiger partial charge in [-0.1, -0.05) is 32.3 Å². The molecule has 1 aliphatic carbocycles. The van der Waals surface area contributed by atoms with Crippen LogP contribution in [0.25, 0.3) is 0 Å². The fraction of sp³-hybridized carbons (Fsp3) is 0.733. The highest BCUT2D eigenvalue weighted by molar-refractivity contribution is 5.05. The van der Waals surface area contributed by atoms with Crippen molar-refractivity contribution in [1.82, 2.24) is 10.4 Å². The predicted molar refractivity (Wildman–Crippen MR) is 78.8 cm³/mol. The van der Waals surface area contributed by atoms with E-state index in [4.69, 9.17) is 9.94 Å². The number of aliphatic hydroxyl groups is 1. The monoisotopic (exact) mass is 320 g/mol. The zero-order valence-electron chi connectivity index (χ0n) is 13.0. The molecule has 0 bridgehead atoms. The van der Waals surface area contributed by atoms with Crippen molar-refractivity contribution in [3.05, 3.63) is 24.1 Å². The highest BCUT2D eigenvalue weighted by Crippen LogP contribution is 2.34. The van der Waals surface area contributed by atoms with Crippen molar-refractivity contribution in [2.75, 3.05) is 6.67 Å². The largest absolute Gasteiger partial charge is 0.447 e. The molecule has 1 rings (SSSR count). The Morgan fingerprint density at radius 2 is 2.14 bits per heavy atom. The van der Waals surface area contributed by atoms with Gasteiger partial charge in [0.25, 0.3) is 0 Å². The number of hydrogen-bond donors (Lipinski definition) is 3. The maximum atomic E-state index is 12.3. The minimum atomic E-state index is -2.99. The van der Waals surface area contributed by atoms with Gasteiger partial charge in [-0.05, 0) is 37.3 Å². The number of nitrogens with zero attached hydrogens (tertiary/aromatic N) is 1. The van der Waals surface area contributed by atoms with E-state index in [-0.39, 0.29) is 10.9 Å². The molecule has 0 radical (unpaired) electrons. The first kappa shape index (κ1) is 18.9. The second-order valence-electron chi connectivity index (χ2n) is 5.59. The fourth-order valence-electron chi connectivity index (χ4n) is 2.03. The average molecular weight is 320 g/mol. The molecule has 1 fully saturated rings. The van der Waals surface area contributed by atoms with Gasteiger partial charge in [-0.2, -0.15) is 8.78 Å². The molecule has 5 nitrogen and oxygen atoms in total. The summed E-state index contributed by atoms with van der Waals surface area (Å²) in [6.45, 7) is 1.71. The van der Waals surface area contributed by atoms with Gasteiger partial charge in [0.15, 0.2) is 5.88 Å². The van der Waals surface area contributed by atoms with E-state index in [9.17, 15) is 13.9 Å². The molecule has 1 unspecified atom stereocenters. The maximum absolute atomic E-state index is 12.3. The lowest BCUT2D eigenvalue weighted by Crippen LogP contribution is -2.36. The van der Waals surface area contributed by atoms with Gasteiger partial charge in [0.05, 0.1) is 0 Å². The molecule has 0 spiro atoms. The Kier molecular flexibility index (Phi) is 8.37. The van der Waals surface area contributed by atoms with Gasteiger partial charge in [-0.25, -0.2) is 0 Å². The van der Waals surface area contributed by atoms with E-state index in [1.54, 1.807) is 6.92 Å². The van der Waals surface area contributed by atoms with Crippen LogP contribution >= 0.6 is 0 Å². The molecule has 0 aromatic heterocycles. The first-order chi connectivity index (χ1) is 10.4. The van der Waals surface area contributed by atoms with Crippen molar-refractivity contribution in [2.24, 2.45) is 5.92 Å². The lowest BCUT2D eigenvalue weighted by Gasteiger charge is -2.21. The van der Waals surface area contributed by atoms with Crippen LogP contribution in [-0.4, -0.2) is 34.9 Å². The Bertz CT molecular complexity index is 374. The molecule has 0 aromatic carbocycles. The van der Waals surface area contributed by atoms with E-state index in [0.29, 0.717) is 0 Å². The maximum Gasteiger partial charge on any atom is 0.317 e. The summed E-state index contributed by atoms with van der Waals surface area (Å²) < 4.78 is 29.7. The quantitative estimate of drug-likeness (QED) is 0.129. The number of hydroxylamine groups is 2. The van der Waals surface area contributed by atoms with Crippen molar-refractivity contribution in [3.63, 3.8) is 0 Å². The van der Waals surface area contributed by atoms with Crippen LogP contribution in [0.1, 0.15) is 45.4 Å². The van der Waals surface area contributed by atoms with Crippen LogP contribution in [0, 0.1) is 5.92 Å². The molecule has 3 N–H and O–H groups in total. The van der Waals surface area contributed by atoms with Crippen LogP contribution in [-0.2, 0) is 4.74 Å². The number of rotatable bonds is 12. The van der Waals surface area contributed by atoms with E-state index in [2.05, 4.69) is 11.9 Å². The molecule has 0 saturated heterocycles.